The minimum atomic E-state index is -2.50. The molecular formula is C36H23O2PS. The third kappa shape index (κ3) is 3.52. The summed E-state index contributed by atoms with van der Waals surface area (Å²) in [4.78, 5) is 0. The SMILES string of the molecule is S=P12c3ccc(-c4ccccc4)cc3Oc3cc(-c4ccccc4)cc(c31)Oc1c(-c3ccccc3)cccc12. The van der Waals surface area contributed by atoms with Crippen LogP contribution in [-0.2, 0) is 11.8 Å². The average molecular weight is 551 g/mol. The van der Waals surface area contributed by atoms with Gasteiger partial charge in [0.05, 0.1) is 11.3 Å². The molecule has 0 fully saturated rings. The highest BCUT2D eigenvalue weighted by Gasteiger charge is 2.43. The van der Waals surface area contributed by atoms with Crippen LogP contribution in [0.4, 0.5) is 0 Å². The van der Waals surface area contributed by atoms with Crippen LogP contribution in [0.5, 0.6) is 23.0 Å². The minimum Gasteiger partial charge on any atom is -0.456 e. The highest BCUT2D eigenvalue weighted by atomic mass is 32.4. The van der Waals surface area contributed by atoms with Gasteiger partial charge in [-0.1, -0.05) is 121 Å². The van der Waals surface area contributed by atoms with Crippen molar-refractivity contribution in [1.82, 2.24) is 0 Å². The number of ether oxygens (including phenoxy) is 2. The molecule has 40 heavy (non-hydrogen) atoms. The fourth-order valence-electron chi connectivity index (χ4n) is 5.84. The van der Waals surface area contributed by atoms with Crippen LogP contribution in [0.25, 0.3) is 33.4 Å². The van der Waals surface area contributed by atoms with E-state index in [9.17, 15) is 0 Å². The van der Waals surface area contributed by atoms with E-state index in [0.717, 1.165) is 72.3 Å². The van der Waals surface area contributed by atoms with Crippen molar-refractivity contribution in [2.75, 3.05) is 0 Å². The standard InChI is InChI=1S/C36H23O2PS/c40-39-33-20-19-27(24-11-4-1-5-12-24)21-30(33)37-31-22-28(25-13-6-2-7-14-25)23-32(36(31)39)38-35-29(17-10-18-34(35)39)26-15-8-3-9-16-26/h1-23H. The first kappa shape index (κ1) is 23.5. The van der Waals surface area contributed by atoms with E-state index in [1.807, 2.05) is 18.2 Å². The monoisotopic (exact) mass is 550 g/mol. The van der Waals surface area contributed by atoms with Gasteiger partial charge in [-0.15, -0.1) is 0 Å². The molecule has 2 aliphatic heterocycles. The van der Waals surface area contributed by atoms with Crippen molar-refractivity contribution in [3.63, 3.8) is 0 Å². The molecule has 0 saturated heterocycles. The summed E-state index contributed by atoms with van der Waals surface area (Å²) >= 11 is 6.84. The molecule has 2 heterocycles. The van der Waals surface area contributed by atoms with Crippen LogP contribution in [0.2, 0.25) is 0 Å². The first-order valence-electron chi connectivity index (χ1n) is 13.3. The molecule has 0 N–H and O–H groups in total. The van der Waals surface area contributed by atoms with E-state index in [-0.39, 0.29) is 0 Å². The van der Waals surface area contributed by atoms with Crippen LogP contribution in [0, 0.1) is 0 Å². The maximum absolute atomic E-state index is 6.84. The van der Waals surface area contributed by atoms with E-state index in [1.54, 1.807) is 0 Å². The van der Waals surface area contributed by atoms with E-state index < -0.39 is 6.04 Å². The molecule has 1 unspecified atom stereocenters. The molecule has 4 heteroatoms. The predicted octanol–water partition coefficient (Wildman–Crippen LogP) is 8.65. The Morgan fingerprint density at radius 3 is 1.68 bits per heavy atom. The summed E-state index contributed by atoms with van der Waals surface area (Å²) in [6.07, 6.45) is 0. The molecular weight excluding hydrogens is 527 g/mol. The van der Waals surface area contributed by atoms with E-state index in [0.29, 0.717) is 0 Å². The normalized spacial score (nSPS) is 16.1. The summed E-state index contributed by atoms with van der Waals surface area (Å²) in [7, 11) is 0. The second-order valence-corrected chi connectivity index (χ2v) is 14.3. The predicted molar refractivity (Wildman–Crippen MR) is 169 cm³/mol. The van der Waals surface area contributed by atoms with Gasteiger partial charge in [0.25, 0.3) is 0 Å². The zero-order chi connectivity index (χ0) is 26.7. The highest BCUT2D eigenvalue weighted by molar-refractivity contribution is 8.26. The van der Waals surface area contributed by atoms with Gasteiger partial charge >= 0.3 is 0 Å². The number of hydrogen-bond donors (Lipinski definition) is 0. The molecule has 2 aliphatic rings. The fourth-order valence-corrected chi connectivity index (χ4v) is 10.3. The van der Waals surface area contributed by atoms with Crippen molar-refractivity contribution in [2.45, 2.75) is 0 Å². The number of benzene rings is 6. The van der Waals surface area contributed by atoms with Gasteiger partial charge in [-0.2, -0.15) is 0 Å². The van der Waals surface area contributed by atoms with Gasteiger partial charge < -0.3 is 9.47 Å². The molecule has 8 rings (SSSR count). The lowest BCUT2D eigenvalue weighted by Crippen LogP contribution is -2.35. The lowest BCUT2D eigenvalue weighted by molar-refractivity contribution is 0.468. The average Bonchev–Trinajstić information content (AvgIpc) is 3.02. The summed E-state index contributed by atoms with van der Waals surface area (Å²) in [6, 6.07) is 45.8. The third-order valence-corrected chi connectivity index (χ3v) is 12.6. The number of hydrogen-bond acceptors (Lipinski definition) is 3. The number of rotatable bonds is 3. The summed E-state index contributed by atoms with van der Waals surface area (Å²) in [5.41, 5.74) is 6.56. The van der Waals surface area contributed by atoms with Gasteiger partial charge in [-0.05, 0) is 58.1 Å². The Kier molecular flexibility index (Phi) is 5.31. The molecule has 0 aromatic heterocycles. The molecule has 6 aromatic carbocycles. The quantitative estimate of drug-likeness (QED) is 0.205. The summed E-state index contributed by atoms with van der Waals surface area (Å²) in [6.45, 7) is 0. The van der Waals surface area contributed by atoms with Gasteiger partial charge in [0.15, 0.2) is 0 Å². The van der Waals surface area contributed by atoms with Crippen molar-refractivity contribution in [3.05, 3.63) is 140 Å². The van der Waals surface area contributed by atoms with Crippen LogP contribution < -0.4 is 25.4 Å². The smallest absolute Gasteiger partial charge is 0.144 e. The molecule has 6 aromatic rings. The Hall–Kier alpha value is -4.43. The number of para-hydroxylation sites is 1. The van der Waals surface area contributed by atoms with Crippen LogP contribution in [0.3, 0.4) is 0 Å². The largest absolute Gasteiger partial charge is 0.456 e. The van der Waals surface area contributed by atoms with Crippen molar-refractivity contribution in [3.8, 4) is 56.4 Å². The number of fused-ring (bicyclic) bond motifs is 4. The minimum absolute atomic E-state index is 0.785. The van der Waals surface area contributed by atoms with Crippen LogP contribution >= 0.6 is 6.04 Å². The van der Waals surface area contributed by atoms with Gasteiger partial charge in [-0.25, -0.2) is 0 Å². The maximum atomic E-state index is 6.84. The van der Waals surface area contributed by atoms with Crippen LogP contribution in [0.15, 0.2) is 140 Å². The van der Waals surface area contributed by atoms with Crippen LogP contribution in [0.1, 0.15) is 0 Å². The molecule has 0 radical (unpaired) electrons. The van der Waals surface area contributed by atoms with Gasteiger partial charge in [0, 0.05) is 16.2 Å². The van der Waals surface area contributed by atoms with Crippen molar-refractivity contribution >= 4 is 33.8 Å². The summed E-state index contributed by atoms with van der Waals surface area (Å²) < 4.78 is 13.6. The van der Waals surface area contributed by atoms with Crippen molar-refractivity contribution in [2.24, 2.45) is 0 Å². The zero-order valence-corrected chi connectivity index (χ0v) is 23.2. The second-order valence-electron chi connectivity index (χ2n) is 10.1. The molecule has 1 atom stereocenters. The molecule has 0 bridgehead atoms. The molecule has 190 valence electrons. The van der Waals surface area contributed by atoms with E-state index in [2.05, 4.69) is 121 Å². The van der Waals surface area contributed by atoms with Gasteiger partial charge in [0.1, 0.15) is 23.0 Å². The lowest BCUT2D eigenvalue weighted by Gasteiger charge is -2.38. The Labute approximate surface area is 238 Å². The highest BCUT2D eigenvalue weighted by Crippen LogP contribution is 2.60. The molecule has 0 saturated carbocycles. The van der Waals surface area contributed by atoms with E-state index >= 15 is 0 Å². The Morgan fingerprint density at radius 1 is 0.425 bits per heavy atom. The first-order valence-corrected chi connectivity index (χ1v) is 16.1. The topological polar surface area (TPSA) is 18.5 Å². The Morgan fingerprint density at radius 2 is 1.00 bits per heavy atom. The van der Waals surface area contributed by atoms with Crippen LogP contribution in [-0.4, -0.2) is 0 Å². The van der Waals surface area contributed by atoms with E-state index in [4.69, 9.17) is 21.3 Å². The molecule has 0 amide bonds. The lowest BCUT2D eigenvalue weighted by atomic mass is 10.0. The summed E-state index contributed by atoms with van der Waals surface area (Å²) in [5, 5.41) is 3.14. The zero-order valence-electron chi connectivity index (χ0n) is 21.5. The Bertz CT molecular complexity index is 1970. The van der Waals surface area contributed by atoms with Crippen molar-refractivity contribution < 1.29 is 9.47 Å². The molecule has 2 nitrogen and oxygen atoms in total. The maximum Gasteiger partial charge on any atom is 0.144 e. The summed E-state index contributed by atoms with van der Waals surface area (Å²) in [5.74, 6) is 3.24. The fraction of sp³-hybridized carbons (Fsp3) is 0. The van der Waals surface area contributed by atoms with Gasteiger partial charge in [0.2, 0.25) is 0 Å². The van der Waals surface area contributed by atoms with E-state index in [1.165, 1.54) is 0 Å². The second kappa shape index (κ2) is 9.06. The van der Waals surface area contributed by atoms with Crippen molar-refractivity contribution in [1.29, 1.82) is 0 Å². The first-order chi connectivity index (χ1) is 19.7. The molecule has 0 spiro atoms. The Balaban J connectivity index is 1.41. The van der Waals surface area contributed by atoms with Gasteiger partial charge in [-0.3, -0.25) is 0 Å². The molecule has 0 aliphatic carbocycles. The third-order valence-electron chi connectivity index (χ3n) is 7.72.